The van der Waals surface area contributed by atoms with Crippen LogP contribution in [0.2, 0.25) is 0 Å². The molecule has 1 fully saturated rings. The van der Waals surface area contributed by atoms with Gasteiger partial charge in [-0.2, -0.15) is 0 Å². The average Bonchev–Trinajstić information content (AvgIpc) is 2.64. The molecule has 17 heavy (non-hydrogen) atoms. The third-order valence-corrected chi connectivity index (χ3v) is 4.73. The van der Waals surface area contributed by atoms with E-state index in [0.717, 1.165) is 6.42 Å². The number of aliphatic hydroxyl groups is 1. The molecule has 2 atom stereocenters. The molecule has 2 nitrogen and oxygen atoms in total. The summed E-state index contributed by atoms with van der Waals surface area (Å²) in [6, 6.07) is 8.30. The zero-order chi connectivity index (χ0) is 11.9. The van der Waals surface area contributed by atoms with Crippen LogP contribution in [0, 0.1) is 5.92 Å². The highest BCUT2D eigenvalue weighted by Gasteiger charge is 2.48. The van der Waals surface area contributed by atoms with Gasteiger partial charge in [0.2, 0.25) is 0 Å². The summed E-state index contributed by atoms with van der Waals surface area (Å²) in [5.41, 5.74) is 8.59. The summed E-state index contributed by atoms with van der Waals surface area (Å²) in [5, 5.41) is 10.4. The first-order valence-electron chi connectivity index (χ1n) is 6.78. The Kier molecular flexibility index (Phi) is 2.72. The van der Waals surface area contributed by atoms with Crippen molar-refractivity contribution in [1.82, 2.24) is 0 Å². The minimum Gasteiger partial charge on any atom is -0.390 e. The average molecular weight is 231 g/mol. The first kappa shape index (κ1) is 11.2. The Labute approximate surface area is 103 Å². The van der Waals surface area contributed by atoms with Gasteiger partial charge in [-0.1, -0.05) is 43.5 Å². The Morgan fingerprint density at radius 2 is 1.82 bits per heavy atom. The molecule has 0 aromatic heterocycles. The van der Waals surface area contributed by atoms with Crippen LogP contribution in [0.4, 0.5) is 0 Å². The molecule has 0 bridgehead atoms. The molecule has 2 heteroatoms. The fraction of sp³-hybridized carbons (Fsp3) is 0.600. The first-order chi connectivity index (χ1) is 8.23. The van der Waals surface area contributed by atoms with E-state index in [9.17, 15) is 5.11 Å². The number of rotatable bonds is 1. The van der Waals surface area contributed by atoms with Crippen molar-refractivity contribution in [3.05, 3.63) is 35.4 Å². The smallest absolute Gasteiger partial charge is 0.0804 e. The van der Waals surface area contributed by atoms with Gasteiger partial charge in [0.05, 0.1) is 11.6 Å². The molecule has 0 heterocycles. The zero-order valence-electron chi connectivity index (χ0n) is 10.2. The van der Waals surface area contributed by atoms with Gasteiger partial charge in [-0.15, -0.1) is 0 Å². The molecule has 3 rings (SSSR count). The van der Waals surface area contributed by atoms with Gasteiger partial charge in [-0.3, -0.25) is 0 Å². The van der Waals surface area contributed by atoms with Crippen molar-refractivity contribution < 1.29 is 5.11 Å². The normalized spacial score (nSPS) is 33.6. The lowest BCUT2D eigenvalue weighted by atomic mass is 9.71. The summed E-state index contributed by atoms with van der Waals surface area (Å²) in [7, 11) is 0. The lowest BCUT2D eigenvalue weighted by Crippen LogP contribution is -2.51. The van der Waals surface area contributed by atoms with E-state index in [-0.39, 0.29) is 0 Å². The van der Waals surface area contributed by atoms with Crippen LogP contribution in [-0.4, -0.2) is 11.2 Å². The third-order valence-electron chi connectivity index (χ3n) is 4.73. The lowest BCUT2D eigenvalue weighted by Gasteiger charge is -2.40. The molecule has 1 saturated carbocycles. The Balaban J connectivity index is 2.00. The highest BCUT2D eigenvalue weighted by molar-refractivity contribution is 5.41. The van der Waals surface area contributed by atoms with E-state index >= 15 is 0 Å². The largest absolute Gasteiger partial charge is 0.390 e. The molecule has 0 saturated heterocycles. The Bertz CT molecular complexity index is 411. The Morgan fingerprint density at radius 3 is 2.59 bits per heavy atom. The second-order valence-corrected chi connectivity index (χ2v) is 5.65. The number of fused-ring (bicyclic) bond motifs is 1. The van der Waals surface area contributed by atoms with Crippen LogP contribution in [0.5, 0.6) is 0 Å². The topological polar surface area (TPSA) is 46.2 Å². The quantitative estimate of drug-likeness (QED) is 0.779. The zero-order valence-corrected chi connectivity index (χ0v) is 10.2. The van der Waals surface area contributed by atoms with Gasteiger partial charge in [0.25, 0.3) is 0 Å². The molecular weight excluding hydrogens is 210 g/mol. The SMILES string of the molecule is NC1(C2CCCCC2)c2ccccc2CC1O. The molecule has 92 valence electrons. The summed E-state index contributed by atoms with van der Waals surface area (Å²) < 4.78 is 0. The van der Waals surface area contributed by atoms with Gasteiger partial charge in [0.1, 0.15) is 0 Å². The summed E-state index contributed by atoms with van der Waals surface area (Å²) in [5.74, 6) is 0.454. The van der Waals surface area contributed by atoms with E-state index in [1.807, 2.05) is 12.1 Å². The summed E-state index contributed by atoms with van der Waals surface area (Å²) >= 11 is 0. The summed E-state index contributed by atoms with van der Waals surface area (Å²) in [6.07, 6.45) is 6.51. The van der Waals surface area contributed by atoms with Crippen molar-refractivity contribution in [3.63, 3.8) is 0 Å². The third kappa shape index (κ3) is 1.62. The van der Waals surface area contributed by atoms with Crippen LogP contribution in [0.25, 0.3) is 0 Å². The Morgan fingerprint density at radius 1 is 1.12 bits per heavy atom. The van der Waals surface area contributed by atoms with Gasteiger partial charge >= 0.3 is 0 Å². The number of aliphatic hydroxyl groups excluding tert-OH is 1. The summed E-state index contributed by atoms with van der Waals surface area (Å²) in [6.45, 7) is 0. The van der Waals surface area contributed by atoms with E-state index in [4.69, 9.17) is 5.73 Å². The number of benzene rings is 1. The van der Waals surface area contributed by atoms with Crippen molar-refractivity contribution >= 4 is 0 Å². The molecule has 1 aromatic rings. The molecule has 1 aromatic carbocycles. The standard InChI is InChI=1S/C15H21NO/c16-15(12-7-2-1-3-8-12)13-9-5-4-6-11(13)10-14(15)17/h4-6,9,12,14,17H,1-3,7-8,10,16H2. The second-order valence-electron chi connectivity index (χ2n) is 5.65. The van der Waals surface area contributed by atoms with Gasteiger partial charge in [-0.25, -0.2) is 0 Å². The molecule has 0 amide bonds. The molecule has 0 aliphatic heterocycles. The van der Waals surface area contributed by atoms with Crippen LogP contribution in [0.3, 0.4) is 0 Å². The van der Waals surface area contributed by atoms with Crippen molar-refractivity contribution in [2.75, 3.05) is 0 Å². The van der Waals surface area contributed by atoms with Crippen LogP contribution < -0.4 is 5.73 Å². The van der Waals surface area contributed by atoms with Crippen LogP contribution in [0.15, 0.2) is 24.3 Å². The second kappa shape index (κ2) is 4.11. The van der Waals surface area contributed by atoms with Crippen molar-refractivity contribution in [2.45, 2.75) is 50.2 Å². The van der Waals surface area contributed by atoms with E-state index in [0.29, 0.717) is 5.92 Å². The van der Waals surface area contributed by atoms with Crippen molar-refractivity contribution in [2.24, 2.45) is 11.7 Å². The maximum absolute atomic E-state index is 10.4. The first-order valence-corrected chi connectivity index (χ1v) is 6.78. The molecule has 0 radical (unpaired) electrons. The van der Waals surface area contributed by atoms with Gasteiger partial charge in [-0.05, 0) is 29.9 Å². The molecule has 0 spiro atoms. The fourth-order valence-corrected chi connectivity index (χ4v) is 3.75. The lowest BCUT2D eigenvalue weighted by molar-refractivity contribution is 0.0441. The number of nitrogens with two attached hydrogens (primary N) is 1. The van der Waals surface area contributed by atoms with Crippen molar-refractivity contribution in [3.8, 4) is 0 Å². The van der Waals surface area contributed by atoms with Crippen LogP contribution in [-0.2, 0) is 12.0 Å². The van der Waals surface area contributed by atoms with E-state index in [2.05, 4.69) is 12.1 Å². The van der Waals surface area contributed by atoms with E-state index in [1.165, 1.54) is 43.2 Å². The number of hydrogen-bond donors (Lipinski definition) is 2. The van der Waals surface area contributed by atoms with Gasteiger partial charge < -0.3 is 10.8 Å². The molecular formula is C15H21NO. The fourth-order valence-electron chi connectivity index (χ4n) is 3.75. The molecule has 2 aliphatic carbocycles. The van der Waals surface area contributed by atoms with E-state index < -0.39 is 11.6 Å². The minimum atomic E-state index is -0.489. The highest BCUT2D eigenvalue weighted by Crippen LogP contribution is 2.45. The van der Waals surface area contributed by atoms with Gasteiger partial charge in [0.15, 0.2) is 0 Å². The highest BCUT2D eigenvalue weighted by atomic mass is 16.3. The summed E-state index contributed by atoms with van der Waals surface area (Å²) in [4.78, 5) is 0. The minimum absolute atomic E-state index is 0.400. The van der Waals surface area contributed by atoms with Crippen molar-refractivity contribution in [1.29, 1.82) is 0 Å². The monoisotopic (exact) mass is 231 g/mol. The molecule has 2 aliphatic rings. The predicted molar refractivity (Wildman–Crippen MR) is 68.6 cm³/mol. The predicted octanol–water partition coefficient (Wildman–Crippen LogP) is 2.34. The molecule has 2 unspecified atom stereocenters. The van der Waals surface area contributed by atoms with Crippen LogP contribution >= 0.6 is 0 Å². The van der Waals surface area contributed by atoms with Crippen LogP contribution in [0.1, 0.15) is 43.2 Å². The maximum atomic E-state index is 10.4. The Hall–Kier alpha value is -0.860. The van der Waals surface area contributed by atoms with E-state index in [1.54, 1.807) is 0 Å². The van der Waals surface area contributed by atoms with Gasteiger partial charge in [0, 0.05) is 6.42 Å². The number of hydrogen-bond acceptors (Lipinski definition) is 2. The maximum Gasteiger partial charge on any atom is 0.0804 e. The molecule has 3 N–H and O–H groups in total.